The number of aromatic nitrogens is 1. The number of carbonyl (C=O) groups excluding carboxylic acids is 2. The molecule has 2 amide bonds. The van der Waals surface area contributed by atoms with Crippen molar-refractivity contribution >= 4 is 34.4 Å². The molecule has 192 valence electrons. The van der Waals surface area contributed by atoms with Crippen LogP contribution in [0.4, 0.5) is 5.69 Å². The van der Waals surface area contributed by atoms with Crippen molar-refractivity contribution in [1.29, 1.82) is 0 Å². The van der Waals surface area contributed by atoms with Crippen LogP contribution in [0.3, 0.4) is 0 Å². The van der Waals surface area contributed by atoms with Gasteiger partial charge in [-0.2, -0.15) is 0 Å². The first kappa shape index (κ1) is 23.7. The average Bonchev–Trinajstić information content (AvgIpc) is 3.57. The van der Waals surface area contributed by atoms with Crippen LogP contribution in [0.1, 0.15) is 17.2 Å². The Balaban J connectivity index is 1.51. The number of para-hydroxylation sites is 2. The van der Waals surface area contributed by atoms with E-state index in [9.17, 15) is 24.6 Å². The van der Waals surface area contributed by atoms with Gasteiger partial charge in [-0.25, -0.2) is 4.90 Å². The number of carbonyl (C=O) groups is 3. The van der Waals surface area contributed by atoms with E-state index in [4.69, 9.17) is 4.74 Å². The van der Waals surface area contributed by atoms with Crippen molar-refractivity contribution in [2.45, 2.75) is 18.0 Å². The summed E-state index contributed by atoms with van der Waals surface area (Å²) in [7, 11) is 1.51. The molecule has 6 rings (SSSR count). The van der Waals surface area contributed by atoms with Crippen LogP contribution < -0.4 is 15.0 Å². The van der Waals surface area contributed by atoms with E-state index in [0.717, 1.165) is 15.8 Å². The minimum Gasteiger partial charge on any atom is -0.508 e. The van der Waals surface area contributed by atoms with E-state index < -0.39 is 41.2 Å². The molecule has 0 spiro atoms. The van der Waals surface area contributed by atoms with Gasteiger partial charge in [-0.3, -0.25) is 19.7 Å². The number of methoxy groups -OCH3 is 1. The second-order valence-corrected chi connectivity index (χ2v) is 9.71. The maximum absolute atomic E-state index is 14.0. The van der Waals surface area contributed by atoms with E-state index in [-0.39, 0.29) is 12.2 Å². The Bertz CT molecular complexity index is 1580. The Morgan fingerprint density at radius 2 is 1.71 bits per heavy atom. The molecule has 2 aliphatic heterocycles. The highest BCUT2D eigenvalue weighted by atomic mass is 16.5. The van der Waals surface area contributed by atoms with Gasteiger partial charge in [0.25, 0.3) is 0 Å². The SMILES string of the molecule is COc1ccc(N2C(=O)[C@@H]3[C@H](c4ccccc4O)N[C@@](Cc4c[nH]c5ccccc45)(C(=O)O)[C@H]3C2=O)cc1. The number of imide groups is 1. The van der Waals surface area contributed by atoms with Gasteiger partial charge in [-0.15, -0.1) is 0 Å². The number of fused-ring (bicyclic) bond motifs is 2. The summed E-state index contributed by atoms with van der Waals surface area (Å²) >= 11 is 0. The quantitative estimate of drug-likeness (QED) is 0.292. The lowest BCUT2D eigenvalue weighted by Crippen LogP contribution is -2.57. The lowest BCUT2D eigenvalue weighted by Gasteiger charge is -2.31. The predicted molar refractivity (Wildman–Crippen MR) is 139 cm³/mol. The predicted octanol–water partition coefficient (Wildman–Crippen LogP) is 3.40. The van der Waals surface area contributed by atoms with E-state index in [1.165, 1.54) is 13.2 Å². The molecule has 2 aliphatic rings. The number of hydrogen-bond acceptors (Lipinski definition) is 6. The number of phenolic OH excluding ortho intramolecular Hbond substituents is 1. The zero-order valence-electron chi connectivity index (χ0n) is 20.4. The molecule has 4 aromatic rings. The molecule has 3 heterocycles. The standard InChI is InChI=1S/C29H25N3O6/c1-38-18-12-10-17(11-13-18)32-26(34)23-24(27(32)35)29(28(36)37,31-25(23)20-7-3-5-9-22(20)33)14-16-15-30-21-8-4-2-6-19(16)21/h2-13,15,23-25,30-31,33H,14H2,1H3,(H,36,37)/t23-,24+,25-,29+/m0/s1. The third-order valence-corrected chi connectivity index (χ3v) is 7.78. The zero-order chi connectivity index (χ0) is 26.6. The summed E-state index contributed by atoms with van der Waals surface area (Å²) < 4.78 is 5.20. The van der Waals surface area contributed by atoms with Crippen LogP contribution in [-0.2, 0) is 20.8 Å². The minimum atomic E-state index is -1.81. The maximum atomic E-state index is 14.0. The molecular formula is C29H25N3O6. The van der Waals surface area contributed by atoms with Gasteiger partial charge < -0.3 is 19.9 Å². The molecule has 0 saturated carbocycles. The maximum Gasteiger partial charge on any atom is 0.325 e. The fourth-order valence-electron chi connectivity index (χ4n) is 6.02. The monoisotopic (exact) mass is 511 g/mol. The van der Waals surface area contributed by atoms with Crippen LogP contribution in [-0.4, -0.2) is 45.6 Å². The van der Waals surface area contributed by atoms with Crippen LogP contribution in [0.15, 0.2) is 79.0 Å². The fraction of sp³-hybridized carbons (Fsp3) is 0.207. The number of aromatic amines is 1. The van der Waals surface area contributed by atoms with Crippen LogP contribution in [0, 0.1) is 11.8 Å². The highest BCUT2D eigenvalue weighted by Gasteiger charge is 2.69. The van der Waals surface area contributed by atoms with Crippen LogP contribution in [0.25, 0.3) is 10.9 Å². The number of anilines is 1. The topological polar surface area (TPSA) is 132 Å². The third-order valence-electron chi connectivity index (χ3n) is 7.78. The molecule has 2 saturated heterocycles. The normalized spacial score (nSPS) is 24.7. The highest BCUT2D eigenvalue weighted by molar-refractivity contribution is 6.24. The molecule has 1 aromatic heterocycles. The highest BCUT2D eigenvalue weighted by Crippen LogP contribution is 2.52. The number of amides is 2. The molecule has 9 heteroatoms. The van der Waals surface area contributed by atoms with Gasteiger partial charge in [0.1, 0.15) is 17.0 Å². The van der Waals surface area contributed by atoms with Crippen molar-refractivity contribution in [3.05, 3.63) is 90.1 Å². The van der Waals surface area contributed by atoms with E-state index in [1.54, 1.807) is 48.7 Å². The van der Waals surface area contributed by atoms with Gasteiger partial charge in [-0.1, -0.05) is 36.4 Å². The number of aliphatic carboxylic acids is 1. The summed E-state index contributed by atoms with van der Waals surface area (Å²) in [5.74, 6) is -4.15. The van der Waals surface area contributed by atoms with Crippen LogP contribution in [0.2, 0.25) is 0 Å². The number of rotatable bonds is 6. The lowest BCUT2D eigenvalue weighted by molar-refractivity contribution is -0.148. The number of ether oxygens (including phenoxy) is 1. The van der Waals surface area contributed by atoms with Gasteiger partial charge in [-0.05, 0) is 42.0 Å². The van der Waals surface area contributed by atoms with Crippen molar-refractivity contribution in [1.82, 2.24) is 10.3 Å². The molecule has 9 nitrogen and oxygen atoms in total. The number of benzene rings is 3. The molecule has 0 radical (unpaired) electrons. The second kappa shape index (κ2) is 8.74. The summed E-state index contributed by atoms with van der Waals surface area (Å²) in [5, 5.41) is 25.4. The number of carboxylic acids is 1. The number of carboxylic acid groups (broad SMARTS) is 1. The summed E-state index contributed by atoms with van der Waals surface area (Å²) in [5.41, 5.74) is 0.426. The molecule has 4 atom stereocenters. The summed E-state index contributed by atoms with van der Waals surface area (Å²) in [4.78, 5) is 45.3. The van der Waals surface area contributed by atoms with Gasteiger partial charge in [0.15, 0.2) is 0 Å². The van der Waals surface area contributed by atoms with Gasteiger partial charge >= 0.3 is 5.97 Å². The van der Waals surface area contributed by atoms with Gasteiger partial charge in [0.2, 0.25) is 11.8 Å². The molecule has 4 N–H and O–H groups in total. The van der Waals surface area contributed by atoms with Crippen molar-refractivity contribution in [2.24, 2.45) is 11.8 Å². The van der Waals surface area contributed by atoms with Gasteiger partial charge in [0.05, 0.1) is 24.6 Å². The Kier molecular flexibility index (Phi) is 5.46. The van der Waals surface area contributed by atoms with Crippen molar-refractivity contribution < 1.29 is 29.3 Å². The number of nitrogens with zero attached hydrogens (tertiary/aromatic N) is 1. The van der Waals surface area contributed by atoms with E-state index >= 15 is 0 Å². The molecule has 3 aromatic carbocycles. The summed E-state index contributed by atoms with van der Waals surface area (Å²) in [6.45, 7) is 0. The number of nitrogens with one attached hydrogen (secondary N) is 2. The van der Waals surface area contributed by atoms with Gasteiger partial charge in [0, 0.05) is 35.1 Å². The van der Waals surface area contributed by atoms with Crippen LogP contribution >= 0.6 is 0 Å². The Labute approximate surface area is 217 Å². The first-order valence-corrected chi connectivity index (χ1v) is 12.2. The lowest BCUT2D eigenvalue weighted by atomic mass is 9.76. The smallest absolute Gasteiger partial charge is 0.325 e. The molecule has 38 heavy (non-hydrogen) atoms. The third kappa shape index (κ3) is 3.39. The Morgan fingerprint density at radius 3 is 2.42 bits per heavy atom. The van der Waals surface area contributed by atoms with E-state index in [1.807, 2.05) is 24.3 Å². The van der Waals surface area contributed by atoms with E-state index in [2.05, 4.69) is 10.3 Å². The molecule has 2 fully saturated rings. The first-order chi connectivity index (χ1) is 18.4. The minimum absolute atomic E-state index is 0.0485. The summed E-state index contributed by atoms with van der Waals surface area (Å²) in [6.07, 6.45) is 1.69. The number of H-pyrrole nitrogens is 1. The largest absolute Gasteiger partial charge is 0.508 e. The van der Waals surface area contributed by atoms with E-state index in [0.29, 0.717) is 22.6 Å². The average molecular weight is 512 g/mol. The molecule has 0 bridgehead atoms. The van der Waals surface area contributed by atoms with Crippen molar-refractivity contribution in [2.75, 3.05) is 12.0 Å². The summed E-state index contributed by atoms with van der Waals surface area (Å²) in [6, 6.07) is 19.5. The first-order valence-electron chi connectivity index (χ1n) is 12.2. The molecule has 0 unspecified atom stereocenters. The molecular weight excluding hydrogens is 486 g/mol. The number of hydrogen-bond donors (Lipinski definition) is 4. The fourth-order valence-corrected chi connectivity index (χ4v) is 6.02. The Hall–Kier alpha value is -4.63. The number of aromatic hydroxyl groups is 1. The van der Waals surface area contributed by atoms with Crippen molar-refractivity contribution in [3.63, 3.8) is 0 Å². The number of phenols is 1. The zero-order valence-corrected chi connectivity index (χ0v) is 20.4. The Morgan fingerprint density at radius 1 is 1.00 bits per heavy atom. The van der Waals surface area contributed by atoms with Crippen molar-refractivity contribution in [3.8, 4) is 11.5 Å². The van der Waals surface area contributed by atoms with Crippen LogP contribution in [0.5, 0.6) is 11.5 Å². The second-order valence-electron chi connectivity index (χ2n) is 9.71. The molecule has 0 aliphatic carbocycles.